The molecule has 0 bridgehead atoms. The highest BCUT2D eigenvalue weighted by Gasteiger charge is 2.21. The normalized spacial score (nSPS) is 15.3. The minimum atomic E-state index is -0.608. The van der Waals surface area contributed by atoms with Crippen LogP contribution in [0.4, 0.5) is 4.39 Å². The number of carbonyl (C=O) groups excluding carboxylic acids is 1. The molecule has 0 aromatic heterocycles. The molecule has 3 aromatic rings. The van der Waals surface area contributed by atoms with Crippen molar-refractivity contribution in [3.05, 3.63) is 108 Å². The van der Waals surface area contributed by atoms with Gasteiger partial charge in [-0.05, 0) is 50.9 Å². The third-order valence-electron chi connectivity index (χ3n) is 5.46. The van der Waals surface area contributed by atoms with Crippen molar-refractivity contribution >= 4 is 6.47 Å². The second kappa shape index (κ2) is 15.9. The fourth-order valence-electron chi connectivity index (χ4n) is 3.76. The van der Waals surface area contributed by atoms with Crippen LogP contribution < -0.4 is 0 Å². The minimum absolute atomic E-state index is 0.318. The standard InChI is InChI=1S/C15H17N.C11H14FN.C5H10O2/c1-16(12-14-8-4-2-5-9-14)13-15-10-6-3-7-11-15;12-11-6-7-13(9-11)8-10-4-2-1-3-5-10;1-5(2,3)7-4-6/h2-11H,12-13H2,1H3;1-5,11H,6-9H2;4H,1-3H3/t;11-;/m.1./s1. The number of halogens is 1. The summed E-state index contributed by atoms with van der Waals surface area (Å²) in [5.74, 6) is 0. The Morgan fingerprint density at radius 3 is 1.64 bits per heavy atom. The fourth-order valence-corrected chi connectivity index (χ4v) is 3.76. The zero-order valence-electron chi connectivity index (χ0n) is 22.1. The Morgan fingerprint density at radius 1 is 0.861 bits per heavy atom. The molecule has 1 fully saturated rings. The molecule has 0 aliphatic carbocycles. The zero-order valence-corrected chi connectivity index (χ0v) is 22.1. The van der Waals surface area contributed by atoms with Crippen molar-refractivity contribution in [2.75, 3.05) is 20.1 Å². The van der Waals surface area contributed by atoms with E-state index in [1.54, 1.807) is 0 Å². The van der Waals surface area contributed by atoms with Crippen molar-refractivity contribution in [2.45, 2.75) is 58.6 Å². The van der Waals surface area contributed by atoms with Crippen LogP contribution in [-0.2, 0) is 29.2 Å². The Kier molecular flexibility index (Phi) is 12.9. The smallest absolute Gasteiger partial charge is 0.293 e. The first kappa shape index (κ1) is 29.2. The molecule has 4 rings (SSSR count). The summed E-state index contributed by atoms with van der Waals surface area (Å²) in [5.41, 5.74) is 3.68. The molecule has 1 aliphatic rings. The number of hydrogen-bond donors (Lipinski definition) is 0. The molecule has 1 aliphatic heterocycles. The van der Waals surface area contributed by atoms with Crippen LogP contribution in [0.25, 0.3) is 0 Å². The number of alkyl halides is 1. The number of rotatable bonds is 7. The summed E-state index contributed by atoms with van der Waals surface area (Å²) >= 11 is 0. The monoisotopic (exact) mass is 492 g/mol. The van der Waals surface area contributed by atoms with Crippen molar-refractivity contribution in [2.24, 2.45) is 0 Å². The predicted molar refractivity (Wildman–Crippen MR) is 146 cm³/mol. The third-order valence-corrected chi connectivity index (χ3v) is 5.46. The Balaban J connectivity index is 0.000000205. The van der Waals surface area contributed by atoms with E-state index in [2.05, 4.69) is 94.4 Å². The van der Waals surface area contributed by atoms with Gasteiger partial charge in [0, 0.05) is 32.7 Å². The molecule has 3 aromatic carbocycles. The number of hydrogen-bond acceptors (Lipinski definition) is 4. The van der Waals surface area contributed by atoms with E-state index in [0.29, 0.717) is 19.4 Å². The molecule has 36 heavy (non-hydrogen) atoms. The lowest BCUT2D eigenvalue weighted by Gasteiger charge is -2.16. The molecule has 0 N–H and O–H groups in total. The van der Waals surface area contributed by atoms with Gasteiger partial charge >= 0.3 is 0 Å². The summed E-state index contributed by atoms with van der Waals surface area (Å²) in [6, 6.07) is 31.4. The molecule has 1 heterocycles. The van der Waals surface area contributed by atoms with Gasteiger partial charge < -0.3 is 4.74 Å². The van der Waals surface area contributed by atoms with E-state index in [1.165, 1.54) is 16.7 Å². The fraction of sp³-hybridized carbons (Fsp3) is 0.387. The first-order chi connectivity index (χ1) is 17.2. The van der Waals surface area contributed by atoms with Gasteiger partial charge in [0.1, 0.15) is 11.8 Å². The van der Waals surface area contributed by atoms with Gasteiger partial charge in [0.15, 0.2) is 0 Å². The van der Waals surface area contributed by atoms with Gasteiger partial charge in [-0.3, -0.25) is 14.6 Å². The Hall–Kier alpha value is -3.02. The molecule has 194 valence electrons. The summed E-state index contributed by atoms with van der Waals surface area (Å²) in [5, 5.41) is 0. The summed E-state index contributed by atoms with van der Waals surface area (Å²) in [7, 11) is 2.15. The lowest BCUT2D eigenvalue weighted by molar-refractivity contribution is -0.138. The van der Waals surface area contributed by atoms with Crippen LogP contribution in [0.2, 0.25) is 0 Å². The van der Waals surface area contributed by atoms with Crippen molar-refractivity contribution < 1.29 is 13.9 Å². The van der Waals surface area contributed by atoms with E-state index in [9.17, 15) is 9.18 Å². The third kappa shape index (κ3) is 13.2. The first-order valence-corrected chi connectivity index (χ1v) is 12.5. The van der Waals surface area contributed by atoms with Gasteiger partial charge in [0.2, 0.25) is 0 Å². The van der Waals surface area contributed by atoms with E-state index >= 15 is 0 Å². The summed E-state index contributed by atoms with van der Waals surface area (Å²) in [4.78, 5) is 14.1. The first-order valence-electron chi connectivity index (χ1n) is 12.5. The van der Waals surface area contributed by atoms with Crippen molar-refractivity contribution in [3.8, 4) is 0 Å². The number of ether oxygens (including phenoxy) is 1. The molecular formula is C31H41FN2O2. The number of nitrogens with zero attached hydrogens (tertiary/aromatic N) is 2. The largest absolute Gasteiger partial charge is 0.462 e. The van der Waals surface area contributed by atoms with Gasteiger partial charge in [0.25, 0.3) is 6.47 Å². The van der Waals surface area contributed by atoms with Crippen LogP contribution in [0.15, 0.2) is 91.0 Å². The topological polar surface area (TPSA) is 32.8 Å². The van der Waals surface area contributed by atoms with Crippen LogP contribution in [0.1, 0.15) is 43.9 Å². The molecule has 0 amide bonds. The van der Waals surface area contributed by atoms with E-state index < -0.39 is 6.17 Å². The predicted octanol–water partition coefficient (Wildman–Crippen LogP) is 6.51. The molecule has 0 saturated carbocycles. The maximum absolute atomic E-state index is 12.8. The summed E-state index contributed by atoms with van der Waals surface area (Å²) in [6.07, 6.45) is 0.0935. The molecule has 0 radical (unpaired) electrons. The highest BCUT2D eigenvalue weighted by Crippen LogP contribution is 2.15. The summed E-state index contributed by atoms with van der Waals surface area (Å²) in [6.45, 7) is 10.3. The lowest BCUT2D eigenvalue weighted by atomic mass is 10.2. The maximum Gasteiger partial charge on any atom is 0.293 e. The Labute approximate surface area is 216 Å². The summed E-state index contributed by atoms with van der Waals surface area (Å²) < 4.78 is 17.4. The van der Waals surface area contributed by atoms with Crippen LogP contribution in [0, 0.1) is 0 Å². The Morgan fingerprint density at radius 2 is 1.31 bits per heavy atom. The zero-order chi connectivity index (χ0) is 26.2. The van der Waals surface area contributed by atoms with Gasteiger partial charge in [-0.1, -0.05) is 91.0 Å². The second-order valence-electron chi connectivity index (χ2n) is 10.1. The van der Waals surface area contributed by atoms with Crippen molar-refractivity contribution in [1.29, 1.82) is 0 Å². The van der Waals surface area contributed by atoms with Crippen molar-refractivity contribution in [1.82, 2.24) is 9.80 Å². The minimum Gasteiger partial charge on any atom is -0.462 e. The van der Waals surface area contributed by atoms with Gasteiger partial charge in [-0.25, -0.2) is 4.39 Å². The molecule has 1 saturated heterocycles. The van der Waals surface area contributed by atoms with Crippen LogP contribution in [0.3, 0.4) is 0 Å². The van der Waals surface area contributed by atoms with Gasteiger partial charge in [-0.2, -0.15) is 0 Å². The average molecular weight is 493 g/mol. The number of carbonyl (C=O) groups is 1. The molecule has 0 spiro atoms. The molecule has 1 atom stereocenters. The van der Waals surface area contributed by atoms with Crippen LogP contribution >= 0.6 is 0 Å². The van der Waals surface area contributed by atoms with E-state index in [4.69, 9.17) is 0 Å². The number of benzene rings is 3. The Bertz CT molecular complexity index is 921. The van der Waals surface area contributed by atoms with Gasteiger partial charge in [-0.15, -0.1) is 0 Å². The van der Waals surface area contributed by atoms with Crippen LogP contribution in [0.5, 0.6) is 0 Å². The maximum atomic E-state index is 12.8. The quantitative estimate of drug-likeness (QED) is 0.352. The van der Waals surface area contributed by atoms with Gasteiger partial charge in [0.05, 0.1) is 0 Å². The average Bonchev–Trinajstić information content (AvgIpc) is 3.25. The molecule has 0 unspecified atom stereocenters. The molecule has 5 heteroatoms. The van der Waals surface area contributed by atoms with E-state index in [-0.39, 0.29) is 5.60 Å². The van der Waals surface area contributed by atoms with E-state index in [1.807, 2.05) is 39.0 Å². The highest BCUT2D eigenvalue weighted by atomic mass is 19.1. The van der Waals surface area contributed by atoms with Crippen molar-refractivity contribution in [3.63, 3.8) is 0 Å². The molecule has 4 nitrogen and oxygen atoms in total. The lowest BCUT2D eigenvalue weighted by Crippen LogP contribution is -2.20. The molecular weight excluding hydrogens is 451 g/mol. The highest BCUT2D eigenvalue weighted by molar-refractivity contribution is 5.37. The second-order valence-corrected chi connectivity index (χ2v) is 10.1. The number of likely N-dealkylation sites (tertiary alicyclic amines) is 1. The van der Waals surface area contributed by atoms with Crippen LogP contribution in [-0.4, -0.2) is 48.2 Å². The SMILES string of the molecule is CC(C)(C)OC=O.CN(Cc1ccccc1)Cc1ccccc1.F[C@@H]1CCN(Cc2ccccc2)C1. The van der Waals surface area contributed by atoms with E-state index in [0.717, 1.165) is 26.2 Å².